The van der Waals surface area contributed by atoms with Crippen LogP contribution in [-0.4, -0.2) is 50.4 Å². The smallest absolute Gasteiger partial charge is 0.264 e. The molecule has 1 N–H and O–H groups in total. The van der Waals surface area contributed by atoms with Crippen LogP contribution >= 0.6 is 0 Å². The van der Waals surface area contributed by atoms with Crippen LogP contribution in [0.4, 0.5) is 10.1 Å². The van der Waals surface area contributed by atoms with Gasteiger partial charge in [-0.15, -0.1) is 0 Å². The van der Waals surface area contributed by atoms with E-state index in [1.807, 2.05) is 68.4 Å². The summed E-state index contributed by atoms with van der Waals surface area (Å²) in [5.41, 5.74) is 2.87. The molecule has 4 aromatic rings. The fourth-order valence-corrected chi connectivity index (χ4v) is 7.44. The molecule has 0 aromatic heterocycles. The minimum Gasteiger partial charge on any atom is -0.494 e. The number of halogens is 1. The molecule has 0 heterocycles. The molecule has 4 aromatic carbocycles. The molecule has 5 rings (SSSR count). The van der Waals surface area contributed by atoms with Crippen LogP contribution in [0, 0.1) is 12.7 Å². The van der Waals surface area contributed by atoms with Gasteiger partial charge in [0, 0.05) is 19.0 Å². The van der Waals surface area contributed by atoms with Gasteiger partial charge in [-0.25, -0.2) is 12.8 Å². The Morgan fingerprint density at radius 1 is 0.896 bits per heavy atom. The summed E-state index contributed by atoms with van der Waals surface area (Å²) in [7, 11) is -4.35. The van der Waals surface area contributed by atoms with Gasteiger partial charge in [-0.1, -0.05) is 67.4 Å². The molecule has 0 aliphatic heterocycles. The van der Waals surface area contributed by atoms with Crippen molar-refractivity contribution in [1.82, 2.24) is 10.2 Å². The summed E-state index contributed by atoms with van der Waals surface area (Å²) in [5, 5.41) is 3.19. The average Bonchev–Trinajstić information content (AvgIpc) is 3.60. The van der Waals surface area contributed by atoms with E-state index in [0.29, 0.717) is 12.4 Å². The summed E-state index contributed by atoms with van der Waals surface area (Å²) in [4.78, 5) is 30.1. The van der Waals surface area contributed by atoms with Crippen molar-refractivity contribution in [3.63, 3.8) is 0 Å². The summed E-state index contributed by atoms with van der Waals surface area (Å²) in [5.74, 6) is -0.875. The molecular formula is C38H42FN3O5S. The predicted molar refractivity (Wildman–Crippen MR) is 185 cm³/mol. The molecule has 48 heavy (non-hydrogen) atoms. The Morgan fingerprint density at radius 2 is 1.54 bits per heavy atom. The molecule has 2 amide bonds. The zero-order valence-corrected chi connectivity index (χ0v) is 28.2. The van der Waals surface area contributed by atoms with Gasteiger partial charge in [0.25, 0.3) is 10.0 Å². The summed E-state index contributed by atoms with van der Waals surface area (Å²) < 4.78 is 48.8. The van der Waals surface area contributed by atoms with Crippen LogP contribution in [0.3, 0.4) is 0 Å². The highest BCUT2D eigenvalue weighted by molar-refractivity contribution is 7.92. The maximum Gasteiger partial charge on any atom is 0.264 e. The van der Waals surface area contributed by atoms with E-state index in [-0.39, 0.29) is 35.5 Å². The highest BCUT2D eigenvalue weighted by Crippen LogP contribution is 2.28. The lowest BCUT2D eigenvalue weighted by Gasteiger charge is -2.34. The average molecular weight is 672 g/mol. The molecule has 8 nitrogen and oxygen atoms in total. The zero-order valence-electron chi connectivity index (χ0n) is 27.3. The molecule has 1 aliphatic carbocycles. The maximum absolute atomic E-state index is 14.7. The number of anilines is 1. The first-order valence-corrected chi connectivity index (χ1v) is 17.8. The van der Waals surface area contributed by atoms with E-state index in [0.717, 1.165) is 58.8 Å². The van der Waals surface area contributed by atoms with Crippen molar-refractivity contribution in [1.29, 1.82) is 0 Å². The van der Waals surface area contributed by atoms with E-state index >= 15 is 0 Å². The fraction of sp³-hybridized carbons (Fsp3) is 0.316. The first kappa shape index (κ1) is 34.6. The maximum atomic E-state index is 14.7. The number of nitrogens with one attached hydrogen (secondary N) is 1. The Morgan fingerprint density at radius 3 is 2.19 bits per heavy atom. The first-order chi connectivity index (χ1) is 23.2. The van der Waals surface area contributed by atoms with Crippen molar-refractivity contribution in [3.8, 4) is 5.75 Å². The second-order valence-corrected chi connectivity index (χ2v) is 13.9. The number of carbonyl (C=O) groups is 2. The molecule has 0 bridgehead atoms. The van der Waals surface area contributed by atoms with Gasteiger partial charge in [-0.05, 0) is 91.9 Å². The van der Waals surface area contributed by atoms with Crippen LogP contribution in [0.15, 0.2) is 108 Å². The van der Waals surface area contributed by atoms with Crippen LogP contribution in [0.25, 0.3) is 0 Å². The second-order valence-electron chi connectivity index (χ2n) is 12.0. The van der Waals surface area contributed by atoms with Gasteiger partial charge in [0.15, 0.2) is 0 Å². The van der Waals surface area contributed by atoms with Crippen molar-refractivity contribution in [2.45, 2.75) is 69.5 Å². The van der Waals surface area contributed by atoms with Gasteiger partial charge in [-0.3, -0.25) is 13.9 Å². The van der Waals surface area contributed by atoms with E-state index in [4.69, 9.17) is 4.74 Å². The van der Waals surface area contributed by atoms with Gasteiger partial charge in [0.05, 0.1) is 17.2 Å². The number of rotatable bonds is 14. The number of aryl methyl sites for hydroxylation is 1. The van der Waals surface area contributed by atoms with Crippen molar-refractivity contribution in [3.05, 3.63) is 126 Å². The predicted octanol–water partition coefficient (Wildman–Crippen LogP) is 6.43. The van der Waals surface area contributed by atoms with Crippen LogP contribution in [0.2, 0.25) is 0 Å². The van der Waals surface area contributed by atoms with Gasteiger partial charge in [-0.2, -0.15) is 0 Å². The van der Waals surface area contributed by atoms with Crippen molar-refractivity contribution in [2.75, 3.05) is 17.5 Å². The third-order valence-electron chi connectivity index (χ3n) is 8.69. The molecule has 1 saturated carbocycles. The molecular weight excluding hydrogens is 629 g/mol. The lowest BCUT2D eigenvalue weighted by atomic mass is 10.0. The number of nitrogens with zero attached hydrogens (tertiary/aromatic N) is 2. The van der Waals surface area contributed by atoms with Crippen molar-refractivity contribution < 1.29 is 27.1 Å². The fourth-order valence-electron chi connectivity index (χ4n) is 6.03. The summed E-state index contributed by atoms with van der Waals surface area (Å²) >= 11 is 0. The molecule has 252 valence electrons. The van der Waals surface area contributed by atoms with Gasteiger partial charge in [0.2, 0.25) is 11.8 Å². The molecule has 0 spiro atoms. The van der Waals surface area contributed by atoms with E-state index in [1.54, 1.807) is 24.3 Å². The number of carbonyl (C=O) groups excluding carboxylic acids is 2. The minimum atomic E-state index is -4.35. The van der Waals surface area contributed by atoms with E-state index in [2.05, 4.69) is 5.32 Å². The number of amides is 2. The Bertz CT molecular complexity index is 1780. The summed E-state index contributed by atoms with van der Waals surface area (Å²) in [6.07, 6.45) is 4.04. The molecule has 1 unspecified atom stereocenters. The topological polar surface area (TPSA) is 96.0 Å². The SMILES string of the molecule is CCOc1ccc(N(CC(=O)N(Cc2ccccc2C)C(Cc2ccccc2)C(=O)NC2CCCC2)S(=O)(=O)c2ccc(F)cc2)cc1. The summed E-state index contributed by atoms with van der Waals surface area (Å²) in [6, 6.07) is 27.1. The Balaban J connectivity index is 1.57. The lowest BCUT2D eigenvalue weighted by molar-refractivity contribution is -0.140. The minimum absolute atomic E-state index is 0.0189. The quantitative estimate of drug-likeness (QED) is 0.167. The number of ether oxygens (including phenoxy) is 1. The monoisotopic (exact) mass is 671 g/mol. The number of hydrogen-bond donors (Lipinski definition) is 1. The number of benzene rings is 4. The number of sulfonamides is 1. The largest absolute Gasteiger partial charge is 0.494 e. The molecule has 0 radical (unpaired) electrons. The second kappa shape index (κ2) is 15.9. The molecule has 1 atom stereocenters. The number of hydrogen-bond acceptors (Lipinski definition) is 5. The van der Waals surface area contributed by atoms with Gasteiger partial charge in [0.1, 0.15) is 24.2 Å². The molecule has 1 fully saturated rings. The highest BCUT2D eigenvalue weighted by atomic mass is 32.2. The van der Waals surface area contributed by atoms with Crippen LogP contribution in [0.1, 0.15) is 49.3 Å². The third kappa shape index (κ3) is 8.60. The van der Waals surface area contributed by atoms with Gasteiger partial charge < -0.3 is 15.0 Å². The lowest BCUT2D eigenvalue weighted by Crippen LogP contribution is -2.54. The van der Waals surface area contributed by atoms with E-state index < -0.39 is 34.3 Å². The highest BCUT2D eigenvalue weighted by Gasteiger charge is 2.35. The third-order valence-corrected chi connectivity index (χ3v) is 10.5. The standard InChI is InChI=1S/C38H42FN3O5S/c1-3-47-34-21-19-33(20-22-34)42(48(45,46)35-23-17-31(39)18-24-35)27-37(43)41(26-30-14-8-7-11-28(30)2)36(25-29-12-5-4-6-13-29)38(44)40-32-15-9-10-16-32/h4-8,11-14,17-24,32,36H,3,9-10,15-16,25-27H2,1-2H3,(H,40,44). The Kier molecular flexibility index (Phi) is 11.5. The molecule has 1 aliphatic rings. The van der Waals surface area contributed by atoms with E-state index in [1.165, 1.54) is 17.0 Å². The van der Waals surface area contributed by atoms with E-state index in [9.17, 15) is 22.4 Å². The Labute approximate surface area is 282 Å². The van der Waals surface area contributed by atoms with Crippen molar-refractivity contribution in [2.24, 2.45) is 0 Å². The van der Waals surface area contributed by atoms with Crippen LogP contribution in [-0.2, 0) is 32.6 Å². The van der Waals surface area contributed by atoms with Crippen LogP contribution in [0.5, 0.6) is 5.75 Å². The molecule has 10 heteroatoms. The zero-order chi connectivity index (χ0) is 34.1. The van der Waals surface area contributed by atoms with Crippen molar-refractivity contribution >= 4 is 27.5 Å². The Hall–Kier alpha value is -4.70. The summed E-state index contributed by atoms with van der Waals surface area (Å²) in [6.45, 7) is 3.70. The van der Waals surface area contributed by atoms with Gasteiger partial charge >= 0.3 is 0 Å². The molecule has 0 saturated heterocycles. The van der Waals surface area contributed by atoms with Crippen LogP contribution < -0.4 is 14.4 Å². The normalized spacial score (nSPS) is 13.9. The first-order valence-electron chi connectivity index (χ1n) is 16.3.